The lowest BCUT2D eigenvalue weighted by Gasteiger charge is -2.28. The Bertz CT molecular complexity index is 774. The molecule has 0 bridgehead atoms. The molecular formula is C21H20FNO. The van der Waals surface area contributed by atoms with Crippen LogP contribution in [0.2, 0.25) is 0 Å². The topological polar surface area (TPSA) is 20.3 Å². The zero-order chi connectivity index (χ0) is 16.5. The van der Waals surface area contributed by atoms with E-state index in [1.54, 1.807) is 23.3 Å². The molecule has 0 radical (unpaired) electrons. The molecule has 1 amide bonds. The lowest BCUT2D eigenvalue weighted by molar-refractivity contribution is 0.0743. The number of hydrogen-bond donors (Lipinski definition) is 0. The third-order valence-electron chi connectivity index (χ3n) is 4.96. The van der Waals surface area contributed by atoms with Gasteiger partial charge in [-0.15, -0.1) is 0 Å². The van der Waals surface area contributed by atoms with Crippen LogP contribution in [0.4, 0.5) is 4.39 Å². The van der Waals surface area contributed by atoms with Gasteiger partial charge in [-0.25, -0.2) is 4.39 Å². The Kier molecular flexibility index (Phi) is 3.93. The lowest BCUT2D eigenvalue weighted by atomic mass is 10.0. The quantitative estimate of drug-likeness (QED) is 0.726. The number of nitrogens with zero attached hydrogens (tertiary/aromatic N) is 1. The van der Waals surface area contributed by atoms with Crippen LogP contribution in [-0.2, 0) is 0 Å². The van der Waals surface area contributed by atoms with Crippen molar-refractivity contribution < 1.29 is 9.18 Å². The van der Waals surface area contributed by atoms with Crippen molar-refractivity contribution in [3.8, 4) is 11.1 Å². The van der Waals surface area contributed by atoms with E-state index in [9.17, 15) is 9.18 Å². The minimum atomic E-state index is -0.240. The predicted octanol–water partition coefficient (Wildman–Crippen LogP) is 4.82. The fraction of sp³-hybridized carbons (Fsp3) is 0.286. The van der Waals surface area contributed by atoms with Crippen LogP contribution in [0.5, 0.6) is 0 Å². The summed E-state index contributed by atoms with van der Waals surface area (Å²) >= 11 is 0. The van der Waals surface area contributed by atoms with E-state index in [0.29, 0.717) is 0 Å². The Balaban J connectivity index is 1.45. The van der Waals surface area contributed by atoms with E-state index < -0.39 is 0 Å². The van der Waals surface area contributed by atoms with Crippen molar-refractivity contribution in [3.63, 3.8) is 0 Å². The highest BCUT2D eigenvalue weighted by Gasteiger charge is 2.24. The maximum atomic E-state index is 13.0. The van der Waals surface area contributed by atoms with Crippen LogP contribution in [0.15, 0.2) is 59.7 Å². The fourth-order valence-corrected chi connectivity index (χ4v) is 3.38. The van der Waals surface area contributed by atoms with Crippen molar-refractivity contribution >= 4 is 5.91 Å². The second-order valence-corrected chi connectivity index (χ2v) is 6.58. The zero-order valence-corrected chi connectivity index (χ0v) is 13.6. The normalized spacial score (nSPS) is 17.1. The highest BCUT2D eigenvalue weighted by molar-refractivity contribution is 5.94. The van der Waals surface area contributed by atoms with Gasteiger partial charge in [0.1, 0.15) is 5.82 Å². The number of carbonyl (C=O) groups is 1. The molecule has 0 aromatic heterocycles. The summed E-state index contributed by atoms with van der Waals surface area (Å²) < 4.78 is 13.0. The molecule has 1 aliphatic carbocycles. The largest absolute Gasteiger partial charge is 0.338 e. The van der Waals surface area contributed by atoms with Gasteiger partial charge in [0, 0.05) is 18.7 Å². The number of halogens is 1. The molecule has 1 saturated carbocycles. The molecule has 1 heterocycles. The van der Waals surface area contributed by atoms with Gasteiger partial charge in [0.2, 0.25) is 0 Å². The van der Waals surface area contributed by atoms with Crippen LogP contribution in [0.25, 0.3) is 11.1 Å². The van der Waals surface area contributed by atoms with Gasteiger partial charge in [0.15, 0.2) is 0 Å². The summed E-state index contributed by atoms with van der Waals surface area (Å²) in [6, 6.07) is 14.0. The van der Waals surface area contributed by atoms with E-state index in [2.05, 4.69) is 0 Å². The van der Waals surface area contributed by atoms with E-state index in [0.717, 1.165) is 42.6 Å². The molecule has 2 nitrogen and oxygen atoms in total. The summed E-state index contributed by atoms with van der Waals surface area (Å²) in [6.45, 7) is 1.66. The highest BCUT2D eigenvalue weighted by atomic mass is 19.1. The van der Waals surface area contributed by atoms with Crippen molar-refractivity contribution in [3.05, 3.63) is 71.1 Å². The summed E-state index contributed by atoms with van der Waals surface area (Å²) in [5.74, 6) is -0.128. The Morgan fingerprint density at radius 3 is 1.79 bits per heavy atom. The van der Waals surface area contributed by atoms with E-state index in [4.69, 9.17) is 0 Å². The van der Waals surface area contributed by atoms with E-state index in [1.807, 2.05) is 29.2 Å². The minimum absolute atomic E-state index is 0.112. The molecule has 0 N–H and O–H groups in total. The van der Waals surface area contributed by atoms with Crippen molar-refractivity contribution in [2.75, 3.05) is 13.1 Å². The van der Waals surface area contributed by atoms with E-state index in [-0.39, 0.29) is 11.7 Å². The van der Waals surface area contributed by atoms with Gasteiger partial charge in [-0.1, -0.05) is 35.4 Å². The molecule has 24 heavy (non-hydrogen) atoms. The standard InChI is InChI=1S/C21H20FNO/c22-20-9-7-17(8-10-20)15-3-5-19(6-4-15)21(24)23-13-11-18(12-14-23)16-1-2-16/h3-10H,1-2,11-14H2. The maximum Gasteiger partial charge on any atom is 0.253 e. The molecular weight excluding hydrogens is 301 g/mol. The molecule has 2 aromatic rings. The summed E-state index contributed by atoms with van der Waals surface area (Å²) in [5, 5.41) is 0. The summed E-state index contributed by atoms with van der Waals surface area (Å²) in [7, 11) is 0. The average molecular weight is 321 g/mol. The third kappa shape index (κ3) is 3.12. The maximum absolute atomic E-state index is 13.0. The van der Waals surface area contributed by atoms with Crippen molar-refractivity contribution in [2.45, 2.75) is 25.7 Å². The van der Waals surface area contributed by atoms with Gasteiger partial charge in [-0.05, 0) is 61.1 Å². The molecule has 122 valence electrons. The fourth-order valence-electron chi connectivity index (χ4n) is 3.38. The molecule has 0 atom stereocenters. The van der Waals surface area contributed by atoms with Crippen LogP contribution < -0.4 is 0 Å². The number of carbonyl (C=O) groups excluding carboxylic acids is 1. The second-order valence-electron chi connectivity index (χ2n) is 6.58. The van der Waals surface area contributed by atoms with Crippen molar-refractivity contribution in [1.82, 2.24) is 4.90 Å². The highest BCUT2D eigenvalue weighted by Crippen LogP contribution is 2.36. The average Bonchev–Trinajstić information content (AvgIpc) is 3.47. The molecule has 0 spiro atoms. The van der Waals surface area contributed by atoms with Gasteiger partial charge in [0.25, 0.3) is 5.91 Å². The number of allylic oxidation sites excluding steroid dienone is 1. The molecule has 2 aliphatic rings. The molecule has 3 heteroatoms. The molecule has 1 saturated heterocycles. The third-order valence-corrected chi connectivity index (χ3v) is 4.96. The molecule has 2 fully saturated rings. The van der Waals surface area contributed by atoms with Gasteiger partial charge < -0.3 is 4.90 Å². The minimum Gasteiger partial charge on any atom is -0.338 e. The first-order chi connectivity index (χ1) is 11.7. The molecule has 2 aromatic carbocycles. The number of rotatable bonds is 2. The summed E-state index contributed by atoms with van der Waals surface area (Å²) in [4.78, 5) is 14.6. The first-order valence-corrected chi connectivity index (χ1v) is 8.56. The van der Waals surface area contributed by atoms with Crippen LogP contribution in [0, 0.1) is 5.82 Å². The van der Waals surface area contributed by atoms with Crippen molar-refractivity contribution in [2.24, 2.45) is 0 Å². The molecule has 0 unspecified atom stereocenters. The first-order valence-electron chi connectivity index (χ1n) is 8.56. The van der Waals surface area contributed by atoms with Crippen molar-refractivity contribution in [1.29, 1.82) is 0 Å². The Morgan fingerprint density at radius 1 is 0.750 bits per heavy atom. The van der Waals surface area contributed by atoms with Crippen LogP contribution >= 0.6 is 0 Å². The van der Waals surface area contributed by atoms with Gasteiger partial charge in [-0.3, -0.25) is 4.79 Å². The number of benzene rings is 2. The monoisotopic (exact) mass is 321 g/mol. The zero-order valence-electron chi connectivity index (χ0n) is 13.6. The van der Waals surface area contributed by atoms with Gasteiger partial charge >= 0.3 is 0 Å². The second kappa shape index (κ2) is 6.23. The van der Waals surface area contributed by atoms with Gasteiger partial charge in [-0.2, -0.15) is 0 Å². The van der Waals surface area contributed by atoms with Crippen LogP contribution in [0.1, 0.15) is 36.0 Å². The Morgan fingerprint density at radius 2 is 1.25 bits per heavy atom. The smallest absolute Gasteiger partial charge is 0.253 e. The van der Waals surface area contributed by atoms with E-state index in [1.165, 1.54) is 25.0 Å². The Labute approximate surface area is 141 Å². The SMILES string of the molecule is O=C(c1ccc(-c2ccc(F)cc2)cc1)N1CCC(=C2CC2)CC1. The number of likely N-dealkylation sites (tertiary alicyclic amines) is 1. The number of piperidine rings is 1. The summed E-state index contributed by atoms with van der Waals surface area (Å²) in [5.41, 5.74) is 5.89. The Hall–Kier alpha value is -2.42. The van der Waals surface area contributed by atoms with E-state index >= 15 is 0 Å². The summed E-state index contributed by atoms with van der Waals surface area (Å²) in [6.07, 6.45) is 4.62. The first kappa shape index (κ1) is 15.1. The lowest BCUT2D eigenvalue weighted by Crippen LogP contribution is -2.36. The van der Waals surface area contributed by atoms with Crippen LogP contribution in [-0.4, -0.2) is 23.9 Å². The molecule has 4 rings (SSSR count). The number of amides is 1. The number of hydrogen-bond acceptors (Lipinski definition) is 1. The van der Waals surface area contributed by atoms with Crippen LogP contribution in [0.3, 0.4) is 0 Å². The molecule has 1 aliphatic heterocycles. The predicted molar refractivity (Wildman–Crippen MR) is 93.2 cm³/mol. The van der Waals surface area contributed by atoms with Gasteiger partial charge in [0.05, 0.1) is 0 Å².